The second-order valence-corrected chi connectivity index (χ2v) is 8.17. The van der Waals surface area contributed by atoms with E-state index in [0.29, 0.717) is 29.6 Å². The molecule has 6 nitrogen and oxygen atoms in total. The van der Waals surface area contributed by atoms with Crippen LogP contribution in [0, 0.1) is 0 Å². The van der Waals surface area contributed by atoms with Crippen LogP contribution in [-0.4, -0.2) is 51.2 Å². The van der Waals surface area contributed by atoms with Gasteiger partial charge < -0.3 is 14.6 Å². The summed E-state index contributed by atoms with van der Waals surface area (Å²) in [6.07, 6.45) is 1.16. The molecule has 23 heavy (non-hydrogen) atoms. The summed E-state index contributed by atoms with van der Waals surface area (Å²) in [6.45, 7) is 3.98. The fourth-order valence-electron chi connectivity index (χ4n) is 2.95. The summed E-state index contributed by atoms with van der Waals surface area (Å²) in [5.74, 6) is -0.301. The predicted octanol–water partition coefficient (Wildman–Crippen LogP) is 1.41. The lowest BCUT2D eigenvalue weighted by atomic mass is 10.1. The molecule has 1 N–H and O–H groups in total. The Labute approximate surface area is 135 Å². The van der Waals surface area contributed by atoms with Crippen molar-refractivity contribution < 1.29 is 17.6 Å². The Balaban J connectivity index is 2.08. The van der Waals surface area contributed by atoms with Crippen LogP contribution >= 0.6 is 0 Å². The van der Waals surface area contributed by atoms with Crippen LogP contribution in [0.15, 0.2) is 28.7 Å². The summed E-state index contributed by atoms with van der Waals surface area (Å²) in [5, 5.41) is 3.91. The van der Waals surface area contributed by atoms with Crippen molar-refractivity contribution in [3.05, 3.63) is 35.6 Å². The van der Waals surface area contributed by atoms with Crippen LogP contribution in [0.25, 0.3) is 11.0 Å². The standard InChI is InChI=1S/C16H20N2O4S/c1-11-9-17-7-8-18(11)16(19)15-13(10-23(2,20)21)12-5-3-4-6-14(12)22-15/h3-6,11,17H,7-10H2,1-2H3/t11-/m0/s1. The highest BCUT2D eigenvalue weighted by Gasteiger charge is 2.30. The third kappa shape index (κ3) is 3.25. The van der Waals surface area contributed by atoms with E-state index in [0.717, 1.165) is 12.8 Å². The van der Waals surface area contributed by atoms with Crippen molar-refractivity contribution in [3.8, 4) is 0 Å². The Morgan fingerprint density at radius 1 is 1.39 bits per heavy atom. The van der Waals surface area contributed by atoms with Gasteiger partial charge >= 0.3 is 0 Å². The molecule has 3 rings (SSSR count). The molecular formula is C16H20N2O4S. The highest BCUT2D eigenvalue weighted by Crippen LogP contribution is 2.29. The minimum atomic E-state index is -3.28. The summed E-state index contributed by atoms with van der Waals surface area (Å²) in [7, 11) is -3.28. The molecule has 124 valence electrons. The minimum Gasteiger partial charge on any atom is -0.451 e. The molecule has 2 heterocycles. The van der Waals surface area contributed by atoms with E-state index in [1.54, 1.807) is 23.1 Å². The maximum atomic E-state index is 12.9. The number of fused-ring (bicyclic) bond motifs is 1. The molecule has 0 saturated carbocycles. The third-order valence-electron chi connectivity index (χ3n) is 4.06. The molecule has 1 atom stereocenters. The van der Waals surface area contributed by atoms with Crippen LogP contribution in [0.4, 0.5) is 0 Å². The lowest BCUT2D eigenvalue weighted by molar-refractivity contribution is 0.0624. The molecule has 0 bridgehead atoms. The summed E-state index contributed by atoms with van der Waals surface area (Å²) >= 11 is 0. The molecule has 1 fully saturated rings. The topological polar surface area (TPSA) is 79.6 Å². The van der Waals surface area contributed by atoms with Gasteiger partial charge in [0, 0.05) is 42.9 Å². The lowest BCUT2D eigenvalue weighted by Crippen LogP contribution is -2.52. The zero-order chi connectivity index (χ0) is 16.6. The van der Waals surface area contributed by atoms with Crippen molar-refractivity contribution in [2.45, 2.75) is 18.7 Å². The zero-order valence-corrected chi connectivity index (χ0v) is 14.0. The van der Waals surface area contributed by atoms with Gasteiger partial charge in [0.2, 0.25) is 0 Å². The van der Waals surface area contributed by atoms with Crippen molar-refractivity contribution in [2.24, 2.45) is 0 Å². The summed E-state index contributed by atoms with van der Waals surface area (Å²) in [5.41, 5.74) is 0.996. The van der Waals surface area contributed by atoms with Crippen molar-refractivity contribution >= 4 is 26.7 Å². The number of benzene rings is 1. The van der Waals surface area contributed by atoms with Crippen molar-refractivity contribution in [1.29, 1.82) is 0 Å². The number of rotatable bonds is 3. The van der Waals surface area contributed by atoms with Gasteiger partial charge in [-0.1, -0.05) is 18.2 Å². The summed E-state index contributed by atoms with van der Waals surface area (Å²) in [4.78, 5) is 14.6. The molecule has 1 aromatic heterocycles. The Morgan fingerprint density at radius 2 is 2.13 bits per heavy atom. The molecule has 0 aliphatic carbocycles. The molecular weight excluding hydrogens is 316 g/mol. The number of carbonyl (C=O) groups is 1. The first-order chi connectivity index (χ1) is 10.9. The molecule has 1 aromatic carbocycles. The van der Waals surface area contributed by atoms with Gasteiger partial charge in [0.25, 0.3) is 5.91 Å². The third-order valence-corrected chi connectivity index (χ3v) is 4.87. The molecule has 1 aliphatic heterocycles. The van der Waals surface area contributed by atoms with Gasteiger partial charge in [0.05, 0.1) is 5.75 Å². The van der Waals surface area contributed by atoms with Gasteiger partial charge in [-0.15, -0.1) is 0 Å². The second kappa shape index (κ2) is 5.98. The van der Waals surface area contributed by atoms with E-state index in [1.807, 2.05) is 13.0 Å². The van der Waals surface area contributed by atoms with Crippen LogP contribution < -0.4 is 5.32 Å². The van der Waals surface area contributed by atoms with Crippen LogP contribution in [0.2, 0.25) is 0 Å². The van der Waals surface area contributed by atoms with E-state index in [1.165, 1.54) is 0 Å². The van der Waals surface area contributed by atoms with Crippen LogP contribution in [-0.2, 0) is 15.6 Å². The number of furan rings is 1. The van der Waals surface area contributed by atoms with Gasteiger partial charge in [-0.2, -0.15) is 0 Å². The molecule has 7 heteroatoms. The van der Waals surface area contributed by atoms with E-state index in [4.69, 9.17) is 4.42 Å². The Morgan fingerprint density at radius 3 is 2.83 bits per heavy atom. The van der Waals surface area contributed by atoms with E-state index in [2.05, 4.69) is 5.32 Å². The molecule has 0 radical (unpaired) electrons. The Kier molecular flexibility index (Phi) is 4.16. The number of hydrogen-bond donors (Lipinski definition) is 1. The number of nitrogens with zero attached hydrogens (tertiary/aromatic N) is 1. The Bertz CT molecular complexity index is 841. The van der Waals surface area contributed by atoms with Crippen molar-refractivity contribution in [3.63, 3.8) is 0 Å². The number of piperazine rings is 1. The maximum absolute atomic E-state index is 12.9. The van der Waals surface area contributed by atoms with Gasteiger partial charge in [-0.25, -0.2) is 8.42 Å². The number of hydrogen-bond acceptors (Lipinski definition) is 5. The van der Waals surface area contributed by atoms with Crippen LogP contribution in [0.1, 0.15) is 23.0 Å². The number of carbonyl (C=O) groups excluding carboxylic acids is 1. The minimum absolute atomic E-state index is 0.0375. The highest BCUT2D eigenvalue weighted by molar-refractivity contribution is 7.89. The average molecular weight is 336 g/mol. The lowest BCUT2D eigenvalue weighted by Gasteiger charge is -2.33. The second-order valence-electron chi connectivity index (χ2n) is 6.03. The molecule has 1 saturated heterocycles. The predicted molar refractivity (Wildman–Crippen MR) is 88.1 cm³/mol. The normalized spacial score (nSPS) is 19.2. The summed E-state index contributed by atoms with van der Waals surface area (Å²) < 4.78 is 29.3. The average Bonchev–Trinajstić information content (AvgIpc) is 2.84. The SMILES string of the molecule is C[C@H]1CNCCN1C(=O)c1oc2ccccc2c1CS(C)(=O)=O. The van der Waals surface area contributed by atoms with Crippen molar-refractivity contribution in [1.82, 2.24) is 10.2 Å². The van der Waals surface area contributed by atoms with E-state index in [-0.39, 0.29) is 23.5 Å². The first-order valence-electron chi connectivity index (χ1n) is 7.56. The fraction of sp³-hybridized carbons (Fsp3) is 0.438. The number of sulfone groups is 1. The molecule has 0 spiro atoms. The fourth-order valence-corrected chi connectivity index (χ4v) is 3.76. The van der Waals surface area contributed by atoms with Crippen LogP contribution in [0.3, 0.4) is 0 Å². The van der Waals surface area contributed by atoms with Gasteiger partial charge in [0.1, 0.15) is 5.58 Å². The smallest absolute Gasteiger partial charge is 0.290 e. The number of para-hydroxylation sites is 1. The number of amides is 1. The van der Waals surface area contributed by atoms with Gasteiger partial charge in [-0.3, -0.25) is 4.79 Å². The maximum Gasteiger partial charge on any atom is 0.290 e. The monoisotopic (exact) mass is 336 g/mol. The zero-order valence-electron chi connectivity index (χ0n) is 13.2. The first-order valence-corrected chi connectivity index (χ1v) is 9.62. The molecule has 1 amide bonds. The first kappa shape index (κ1) is 16.0. The molecule has 0 unspecified atom stereocenters. The van der Waals surface area contributed by atoms with E-state index < -0.39 is 9.84 Å². The van der Waals surface area contributed by atoms with Crippen molar-refractivity contribution in [2.75, 3.05) is 25.9 Å². The number of nitrogens with one attached hydrogen (secondary N) is 1. The largest absolute Gasteiger partial charge is 0.451 e. The molecule has 2 aromatic rings. The highest BCUT2D eigenvalue weighted by atomic mass is 32.2. The van der Waals surface area contributed by atoms with Gasteiger partial charge in [0.15, 0.2) is 15.6 Å². The van der Waals surface area contributed by atoms with E-state index in [9.17, 15) is 13.2 Å². The quantitative estimate of drug-likeness (QED) is 0.917. The van der Waals surface area contributed by atoms with Crippen LogP contribution in [0.5, 0.6) is 0 Å². The summed E-state index contributed by atoms with van der Waals surface area (Å²) in [6, 6.07) is 7.19. The molecule has 1 aliphatic rings. The Hall–Kier alpha value is -1.86. The van der Waals surface area contributed by atoms with E-state index >= 15 is 0 Å². The van der Waals surface area contributed by atoms with Gasteiger partial charge in [-0.05, 0) is 13.0 Å².